The van der Waals surface area contributed by atoms with Crippen LogP contribution in [0.1, 0.15) is 43.9 Å². The minimum absolute atomic E-state index is 0.0178. The Labute approximate surface area is 113 Å². The molecule has 5 nitrogen and oxygen atoms in total. The summed E-state index contributed by atoms with van der Waals surface area (Å²) in [6.45, 7) is 4.52. The number of unbranched alkanes of at least 4 members (excludes halogenated alkanes) is 1. The maximum atomic E-state index is 11.8. The van der Waals surface area contributed by atoms with Crippen molar-refractivity contribution in [3.05, 3.63) is 21.6 Å². The quantitative estimate of drug-likeness (QED) is 0.704. The van der Waals surface area contributed by atoms with Gasteiger partial charge in [-0.2, -0.15) is 0 Å². The highest BCUT2D eigenvalue weighted by atomic mass is 16.5. The molecule has 1 aromatic rings. The van der Waals surface area contributed by atoms with Crippen molar-refractivity contribution >= 4 is 5.95 Å². The third kappa shape index (κ3) is 4.06. The molecule has 0 saturated heterocycles. The number of hydrogen-bond donors (Lipinski definition) is 2. The lowest BCUT2D eigenvalue weighted by Crippen LogP contribution is -2.18. The Morgan fingerprint density at radius 3 is 3.00 bits per heavy atom. The molecule has 0 radical (unpaired) electrons. The number of H-pyrrole nitrogens is 1. The Hall–Kier alpha value is -1.36. The van der Waals surface area contributed by atoms with Crippen molar-refractivity contribution in [1.29, 1.82) is 0 Å². The number of anilines is 1. The lowest BCUT2D eigenvalue weighted by Gasteiger charge is -2.07. The predicted molar refractivity (Wildman–Crippen MR) is 75.7 cm³/mol. The SMILES string of the molecule is CCCCOCCCNc1nc2c(c(=O)[nH]1)CCC2. The molecule has 0 spiro atoms. The monoisotopic (exact) mass is 265 g/mol. The summed E-state index contributed by atoms with van der Waals surface area (Å²) in [6.07, 6.45) is 6.04. The smallest absolute Gasteiger partial charge is 0.255 e. The van der Waals surface area contributed by atoms with Crippen molar-refractivity contribution in [3.8, 4) is 0 Å². The van der Waals surface area contributed by atoms with Crippen molar-refractivity contribution < 1.29 is 4.74 Å². The van der Waals surface area contributed by atoms with Gasteiger partial charge in [-0.05, 0) is 32.1 Å². The number of ether oxygens (including phenoxy) is 1. The molecule has 0 aliphatic heterocycles. The van der Waals surface area contributed by atoms with Crippen molar-refractivity contribution in [2.75, 3.05) is 25.1 Å². The topological polar surface area (TPSA) is 67.0 Å². The van der Waals surface area contributed by atoms with E-state index in [2.05, 4.69) is 22.2 Å². The summed E-state index contributed by atoms with van der Waals surface area (Å²) in [5.74, 6) is 0.596. The van der Waals surface area contributed by atoms with Crippen LogP contribution in [0.3, 0.4) is 0 Å². The number of nitrogens with one attached hydrogen (secondary N) is 2. The fourth-order valence-electron chi connectivity index (χ4n) is 2.25. The highest BCUT2D eigenvalue weighted by molar-refractivity contribution is 5.31. The standard InChI is InChI=1S/C14H23N3O2/c1-2-3-9-19-10-5-8-15-14-16-12-7-4-6-11(12)13(18)17-14/h2-10H2,1H3,(H2,15,16,17,18). The summed E-state index contributed by atoms with van der Waals surface area (Å²) in [6, 6.07) is 0. The zero-order valence-corrected chi connectivity index (χ0v) is 11.6. The molecule has 1 aliphatic carbocycles. The lowest BCUT2D eigenvalue weighted by molar-refractivity contribution is 0.131. The number of aryl methyl sites for hydroxylation is 1. The number of aromatic amines is 1. The zero-order valence-electron chi connectivity index (χ0n) is 11.6. The van der Waals surface area contributed by atoms with Crippen molar-refractivity contribution in [2.45, 2.75) is 45.4 Å². The van der Waals surface area contributed by atoms with E-state index in [-0.39, 0.29) is 5.56 Å². The highest BCUT2D eigenvalue weighted by Gasteiger charge is 2.16. The van der Waals surface area contributed by atoms with E-state index in [9.17, 15) is 4.79 Å². The first-order valence-corrected chi connectivity index (χ1v) is 7.25. The molecule has 0 fully saturated rings. The van der Waals surface area contributed by atoms with Crippen LogP contribution in [-0.2, 0) is 17.6 Å². The average molecular weight is 265 g/mol. The predicted octanol–water partition coefficient (Wildman–Crippen LogP) is 1.88. The second kappa shape index (κ2) is 7.28. The maximum absolute atomic E-state index is 11.8. The van der Waals surface area contributed by atoms with Crippen molar-refractivity contribution in [2.24, 2.45) is 0 Å². The summed E-state index contributed by atoms with van der Waals surface area (Å²) in [5.41, 5.74) is 1.85. The molecule has 0 atom stereocenters. The zero-order chi connectivity index (χ0) is 13.5. The van der Waals surface area contributed by atoms with Crippen LogP contribution in [0.4, 0.5) is 5.95 Å². The van der Waals surface area contributed by atoms with E-state index in [1.165, 1.54) is 6.42 Å². The Bertz CT molecular complexity index is 456. The van der Waals surface area contributed by atoms with Gasteiger partial charge in [0.15, 0.2) is 0 Å². The van der Waals surface area contributed by atoms with Gasteiger partial charge >= 0.3 is 0 Å². The van der Waals surface area contributed by atoms with Crippen LogP contribution < -0.4 is 10.9 Å². The molecule has 0 amide bonds. The second-order valence-electron chi connectivity index (χ2n) is 4.94. The van der Waals surface area contributed by atoms with Gasteiger partial charge in [0.25, 0.3) is 5.56 Å². The first kappa shape index (κ1) is 14.1. The van der Waals surface area contributed by atoms with Gasteiger partial charge in [0.1, 0.15) is 0 Å². The molecule has 0 aromatic carbocycles. The van der Waals surface area contributed by atoms with Crippen molar-refractivity contribution in [1.82, 2.24) is 9.97 Å². The van der Waals surface area contributed by atoms with Gasteiger partial charge in [-0.25, -0.2) is 4.98 Å². The molecule has 19 heavy (non-hydrogen) atoms. The number of rotatable bonds is 8. The van der Waals surface area contributed by atoms with E-state index in [1.807, 2.05) is 0 Å². The van der Waals surface area contributed by atoms with Gasteiger partial charge in [0, 0.05) is 25.3 Å². The van der Waals surface area contributed by atoms with Gasteiger partial charge in [0.2, 0.25) is 5.95 Å². The van der Waals surface area contributed by atoms with Gasteiger partial charge in [-0.15, -0.1) is 0 Å². The van der Waals surface area contributed by atoms with Crippen LogP contribution in [0.5, 0.6) is 0 Å². The van der Waals surface area contributed by atoms with E-state index < -0.39 is 0 Å². The van der Waals surface area contributed by atoms with Gasteiger partial charge in [0.05, 0.1) is 5.69 Å². The van der Waals surface area contributed by atoms with Crippen LogP contribution in [-0.4, -0.2) is 29.7 Å². The molecule has 0 saturated carbocycles. The van der Waals surface area contributed by atoms with Crippen molar-refractivity contribution in [3.63, 3.8) is 0 Å². The maximum Gasteiger partial charge on any atom is 0.255 e. The number of hydrogen-bond acceptors (Lipinski definition) is 4. The summed E-state index contributed by atoms with van der Waals surface area (Å²) in [7, 11) is 0. The molecule has 106 valence electrons. The molecule has 2 N–H and O–H groups in total. The lowest BCUT2D eigenvalue weighted by atomic mass is 10.3. The van der Waals surface area contributed by atoms with Gasteiger partial charge in [-0.3, -0.25) is 9.78 Å². The largest absolute Gasteiger partial charge is 0.381 e. The summed E-state index contributed by atoms with van der Waals surface area (Å²) in [4.78, 5) is 19.0. The molecule has 0 unspecified atom stereocenters. The molecule has 1 heterocycles. The molecule has 2 rings (SSSR count). The first-order chi connectivity index (χ1) is 9.31. The van der Waals surface area contributed by atoms with Crippen LogP contribution in [0.25, 0.3) is 0 Å². The summed E-state index contributed by atoms with van der Waals surface area (Å²) >= 11 is 0. The van der Waals surface area contributed by atoms with E-state index in [0.717, 1.165) is 63.1 Å². The van der Waals surface area contributed by atoms with Crippen LogP contribution >= 0.6 is 0 Å². The van der Waals surface area contributed by atoms with Crippen LogP contribution in [0, 0.1) is 0 Å². The third-order valence-corrected chi connectivity index (χ3v) is 3.34. The van der Waals surface area contributed by atoms with Crippen LogP contribution in [0.2, 0.25) is 0 Å². The number of fused-ring (bicyclic) bond motifs is 1. The fraction of sp³-hybridized carbons (Fsp3) is 0.714. The molecule has 0 bridgehead atoms. The Kier molecular flexibility index (Phi) is 5.39. The minimum Gasteiger partial charge on any atom is -0.381 e. The molecular formula is C14H23N3O2. The Morgan fingerprint density at radius 2 is 2.16 bits per heavy atom. The van der Waals surface area contributed by atoms with Gasteiger partial charge in [-0.1, -0.05) is 13.3 Å². The Morgan fingerprint density at radius 1 is 1.32 bits per heavy atom. The summed E-state index contributed by atoms with van der Waals surface area (Å²) in [5, 5.41) is 3.16. The summed E-state index contributed by atoms with van der Waals surface area (Å²) < 4.78 is 5.48. The average Bonchev–Trinajstić information content (AvgIpc) is 2.86. The number of aromatic nitrogens is 2. The van der Waals surface area contributed by atoms with Crippen LogP contribution in [0.15, 0.2) is 4.79 Å². The van der Waals surface area contributed by atoms with Gasteiger partial charge < -0.3 is 10.1 Å². The highest BCUT2D eigenvalue weighted by Crippen LogP contribution is 2.16. The minimum atomic E-state index is 0.0178. The third-order valence-electron chi connectivity index (χ3n) is 3.34. The normalized spacial score (nSPS) is 13.5. The Balaban J connectivity index is 1.72. The molecule has 1 aliphatic rings. The molecular weight excluding hydrogens is 242 g/mol. The number of nitrogens with zero attached hydrogens (tertiary/aromatic N) is 1. The van der Waals surface area contributed by atoms with E-state index in [1.54, 1.807) is 0 Å². The molecule has 1 aromatic heterocycles. The van der Waals surface area contributed by atoms with E-state index >= 15 is 0 Å². The fourth-order valence-corrected chi connectivity index (χ4v) is 2.25. The second-order valence-corrected chi connectivity index (χ2v) is 4.94. The molecule has 5 heteroatoms. The van der Waals surface area contributed by atoms with E-state index in [4.69, 9.17) is 4.74 Å². The first-order valence-electron chi connectivity index (χ1n) is 7.25. The van der Waals surface area contributed by atoms with E-state index in [0.29, 0.717) is 5.95 Å².